The number of nitrogens with one attached hydrogen (secondary N) is 1. The summed E-state index contributed by atoms with van der Waals surface area (Å²) in [5.41, 5.74) is 4.22. The van der Waals surface area contributed by atoms with Gasteiger partial charge in [0.2, 0.25) is 5.91 Å². The van der Waals surface area contributed by atoms with Gasteiger partial charge in [0.15, 0.2) is 16.1 Å². The molecule has 0 aliphatic carbocycles. The summed E-state index contributed by atoms with van der Waals surface area (Å²) in [5.74, 6) is 1.57. The Bertz CT molecular complexity index is 1780. The summed E-state index contributed by atoms with van der Waals surface area (Å²) in [6.45, 7) is 6.91. The molecule has 1 aliphatic rings. The van der Waals surface area contributed by atoms with Gasteiger partial charge in [0.1, 0.15) is 17.8 Å². The monoisotopic (exact) mass is 696 g/mol. The lowest BCUT2D eigenvalue weighted by Gasteiger charge is -2.22. The fourth-order valence-electron chi connectivity index (χ4n) is 5.23. The van der Waals surface area contributed by atoms with Gasteiger partial charge in [-0.3, -0.25) is 9.69 Å². The van der Waals surface area contributed by atoms with Gasteiger partial charge in [-0.1, -0.05) is 62.9 Å². The molecule has 3 aromatic carbocycles. The molecule has 1 saturated heterocycles. The summed E-state index contributed by atoms with van der Waals surface area (Å²) in [6.07, 6.45) is -1.61. The van der Waals surface area contributed by atoms with Crippen LogP contribution in [0.5, 0.6) is 11.5 Å². The molecule has 2 heterocycles. The summed E-state index contributed by atoms with van der Waals surface area (Å²) >= 11 is 6.97. The number of alkyl halides is 3. The topological polar surface area (TPSA) is 93.9 Å². The first-order valence-electron chi connectivity index (χ1n) is 15.3. The Morgan fingerprint density at radius 3 is 2.44 bits per heavy atom. The number of hydrogen-bond donors (Lipinski definition) is 1. The van der Waals surface area contributed by atoms with Crippen molar-refractivity contribution in [1.82, 2.24) is 20.1 Å². The minimum Gasteiger partial charge on any atom is -0.497 e. The second-order valence-corrected chi connectivity index (χ2v) is 12.8. The number of aliphatic imine (C=N–C) groups is 1. The van der Waals surface area contributed by atoms with Gasteiger partial charge in [-0.2, -0.15) is 4.99 Å². The normalized spacial score (nSPS) is 14.9. The van der Waals surface area contributed by atoms with Crippen LogP contribution in [0.4, 0.5) is 18.9 Å². The summed E-state index contributed by atoms with van der Waals surface area (Å²) in [7, 11) is 1.60. The molecule has 4 aromatic rings. The number of rotatable bonds is 11. The number of benzene rings is 3. The van der Waals surface area contributed by atoms with Crippen LogP contribution in [0.3, 0.4) is 0 Å². The van der Waals surface area contributed by atoms with Crippen molar-refractivity contribution in [3.8, 4) is 28.6 Å². The van der Waals surface area contributed by atoms with E-state index in [0.29, 0.717) is 40.0 Å². The molecular weight excluding hydrogens is 662 g/mol. The Morgan fingerprint density at radius 2 is 1.79 bits per heavy atom. The van der Waals surface area contributed by atoms with E-state index in [1.807, 2.05) is 42.5 Å². The summed E-state index contributed by atoms with van der Waals surface area (Å²) in [4.78, 5) is 23.7. The lowest BCUT2D eigenvalue weighted by atomic mass is 9.95. The van der Waals surface area contributed by atoms with Crippen LogP contribution in [0.25, 0.3) is 17.1 Å². The second kappa shape index (κ2) is 15.2. The van der Waals surface area contributed by atoms with Gasteiger partial charge < -0.3 is 14.8 Å². The minimum atomic E-state index is -4.75. The van der Waals surface area contributed by atoms with E-state index in [0.717, 1.165) is 35.2 Å². The van der Waals surface area contributed by atoms with Gasteiger partial charge in [-0.25, -0.2) is 9.67 Å². The van der Waals surface area contributed by atoms with Gasteiger partial charge in [0, 0.05) is 24.1 Å². The fraction of sp³-hybridized carbons (Fsp3) is 0.324. The van der Waals surface area contributed by atoms with Crippen molar-refractivity contribution in [1.29, 1.82) is 0 Å². The molecule has 1 aromatic heterocycles. The molecule has 0 spiro atoms. The Labute approximate surface area is 286 Å². The number of methoxy groups -OCH3 is 1. The predicted molar refractivity (Wildman–Crippen MR) is 186 cm³/mol. The third kappa shape index (κ3) is 8.72. The molecule has 48 heavy (non-hydrogen) atoms. The lowest BCUT2D eigenvalue weighted by molar-refractivity contribution is -0.274. The molecular formula is C34H35F3N6O3S2. The van der Waals surface area contributed by atoms with E-state index in [-0.39, 0.29) is 23.3 Å². The highest BCUT2D eigenvalue weighted by Gasteiger charge is 2.32. The number of carbonyl (C=O) groups excluding carboxylic acids is 1. The van der Waals surface area contributed by atoms with E-state index in [1.54, 1.807) is 12.0 Å². The maximum atomic E-state index is 13.0. The van der Waals surface area contributed by atoms with E-state index in [1.165, 1.54) is 47.0 Å². The molecule has 0 saturated carbocycles. The SMILES string of the molecule is CCC(CNC(=S)N=C1SCC(=O)N1c1cc(OC)ccc1CC(C)C)c1ccc(-c2ncn(-c3ccc(OC(F)(F)F)cc3)n2)cc1. The molecule has 1 N–H and O–H groups in total. The largest absolute Gasteiger partial charge is 0.573 e. The van der Waals surface area contributed by atoms with Crippen LogP contribution in [-0.4, -0.2) is 56.7 Å². The van der Waals surface area contributed by atoms with Crippen molar-refractivity contribution in [2.75, 3.05) is 24.3 Å². The van der Waals surface area contributed by atoms with Gasteiger partial charge in [-0.15, -0.1) is 18.3 Å². The van der Waals surface area contributed by atoms with Gasteiger partial charge in [0.25, 0.3) is 0 Å². The zero-order valence-electron chi connectivity index (χ0n) is 26.8. The van der Waals surface area contributed by atoms with Crippen molar-refractivity contribution in [2.45, 2.75) is 45.9 Å². The number of amides is 1. The van der Waals surface area contributed by atoms with E-state index in [9.17, 15) is 18.0 Å². The number of amidine groups is 1. The van der Waals surface area contributed by atoms with E-state index >= 15 is 0 Å². The van der Waals surface area contributed by atoms with Crippen LogP contribution in [0.15, 0.2) is 78.0 Å². The number of thiocarbonyl (C=S) groups is 1. The molecule has 1 unspecified atom stereocenters. The van der Waals surface area contributed by atoms with Crippen molar-refractivity contribution in [3.05, 3.63) is 84.2 Å². The van der Waals surface area contributed by atoms with Gasteiger partial charge >= 0.3 is 6.36 Å². The zero-order valence-corrected chi connectivity index (χ0v) is 28.5. The zero-order chi connectivity index (χ0) is 34.4. The highest BCUT2D eigenvalue weighted by molar-refractivity contribution is 8.15. The second-order valence-electron chi connectivity index (χ2n) is 11.5. The number of nitrogens with zero attached hydrogens (tertiary/aromatic N) is 5. The molecule has 1 atom stereocenters. The van der Waals surface area contributed by atoms with Crippen LogP contribution in [0.1, 0.15) is 44.2 Å². The maximum absolute atomic E-state index is 13.0. The maximum Gasteiger partial charge on any atom is 0.573 e. The van der Waals surface area contributed by atoms with Crippen molar-refractivity contribution < 1.29 is 27.4 Å². The quantitative estimate of drug-likeness (QED) is 0.161. The van der Waals surface area contributed by atoms with E-state index in [4.69, 9.17) is 17.0 Å². The average Bonchev–Trinajstić information content (AvgIpc) is 3.68. The third-order valence-corrected chi connectivity index (χ3v) is 8.74. The minimum absolute atomic E-state index is 0.0564. The first kappa shape index (κ1) is 34.9. The van der Waals surface area contributed by atoms with Crippen LogP contribution in [0.2, 0.25) is 0 Å². The van der Waals surface area contributed by atoms with Crippen molar-refractivity contribution in [3.63, 3.8) is 0 Å². The van der Waals surface area contributed by atoms with Crippen LogP contribution < -0.4 is 19.7 Å². The Hall–Kier alpha value is -4.43. The van der Waals surface area contributed by atoms with Crippen LogP contribution in [-0.2, 0) is 11.2 Å². The Morgan fingerprint density at radius 1 is 1.08 bits per heavy atom. The number of halogens is 3. The summed E-state index contributed by atoms with van der Waals surface area (Å²) < 4.78 is 48.3. The Kier molecular flexibility index (Phi) is 11.0. The predicted octanol–water partition coefficient (Wildman–Crippen LogP) is 7.54. The molecule has 0 bridgehead atoms. The highest BCUT2D eigenvalue weighted by atomic mass is 32.2. The number of aromatic nitrogens is 3. The molecule has 1 amide bonds. The number of thioether (sulfide) groups is 1. The Balaban J connectivity index is 1.23. The molecule has 0 radical (unpaired) electrons. The average molecular weight is 697 g/mol. The first-order chi connectivity index (χ1) is 22.9. The fourth-order valence-corrected chi connectivity index (χ4v) is 6.33. The van der Waals surface area contributed by atoms with E-state index in [2.05, 4.69) is 45.9 Å². The molecule has 9 nitrogen and oxygen atoms in total. The molecule has 252 valence electrons. The number of hydrogen-bond acceptors (Lipinski definition) is 7. The van der Waals surface area contributed by atoms with Crippen molar-refractivity contribution >= 4 is 45.9 Å². The number of anilines is 1. The first-order valence-corrected chi connectivity index (χ1v) is 16.7. The van der Waals surface area contributed by atoms with Gasteiger partial charge in [0.05, 0.1) is 24.2 Å². The summed E-state index contributed by atoms with van der Waals surface area (Å²) in [6, 6.07) is 19.0. The molecule has 14 heteroatoms. The third-order valence-electron chi connectivity index (χ3n) is 7.58. The standard InChI is InChI=1S/C34H35F3N6O3S2/c1-5-22(18-38-32(47)40-33-43(30(44)19-48-33)29-17-28(45-4)13-10-25(29)16-21(2)3)23-6-8-24(9-7-23)31-39-20-42(41-31)26-11-14-27(15-12-26)46-34(35,36)37/h6-15,17,20-22H,5,16,18-19H2,1-4H3,(H,38,47). The summed E-state index contributed by atoms with van der Waals surface area (Å²) in [5, 5.41) is 8.58. The smallest absolute Gasteiger partial charge is 0.497 e. The number of carbonyl (C=O) groups is 1. The van der Waals surface area contributed by atoms with Crippen LogP contribution in [0, 0.1) is 5.92 Å². The number of ether oxygens (including phenoxy) is 2. The van der Waals surface area contributed by atoms with E-state index < -0.39 is 6.36 Å². The molecule has 1 fully saturated rings. The van der Waals surface area contributed by atoms with Gasteiger partial charge in [-0.05, 0) is 72.4 Å². The lowest BCUT2D eigenvalue weighted by Crippen LogP contribution is -2.33. The van der Waals surface area contributed by atoms with Crippen molar-refractivity contribution in [2.24, 2.45) is 10.9 Å². The molecule has 1 aliphatic heterocycles. The highest BCUT2D eigenvalue weighted by Crippen LogP contribution is 2.34. The van der Waals surface area contributed by atoms with Crippen LogP contribution >= 0.6 is 24.0 Å². The molecule has 5 rings (SSSR count).